The Balaban J connectivity index is 1.48. The van der Waals surface area contributed by atoms with Gasteiger partial charge in [-0.25, -0.2) is 12.7 Å². The van der Waals surface area contributed by atoms with Crippen LogP contribution in [0.15, 0.2) is 0 Å². The minimum absolute atomic E-state index is 0.379. The van der Waals surface area contributed by atoms with E-state index in [-0.39, 0.29) is 0 Å². The summed E-state index contributed by atoms with van der Waals surface area (Å²) < 4.78 is 26.3. The van der Waals surface area contributed by atoms with Crippen molar-refractivity contribution in [1.29, 1.82) is 0 Å². The number of hydrogen-bond donors (Lipinski definition) is 1. The Morgan fingerprint density at radius 3 is 2.37 bits per heavy atom. The fourth-order valence-corrected chi connectivity index (χ4v) is 5.18. The molecule has 3 fully saturated rings. The van der Waals surface area contributed by atoms with Gasteiger partial charge in [0.1, 0.15) is 0 Å². The summed E-state index contributed by atoms with van der Waals surface area (Å²) in [6.07, 6.45) is 8.01. The van der Waals surface area contributed by atoms with E-state index in [1.165, 1.54) is 25.7 Å². The number of rotatable bonds is 5. The molecule has 110 valence electrons. The molecule has 2 saturated heterocycles. The number of nitrogens with zero attached hydrogens (tertiary/aromatic N) is 1. The Hall–Kier alpha value is -0.130. The van der Waals surface area contributed by atoms with E-state index < -0.39 is 10.0 Å². The molecule has 4 nitrogen and oxygen atoms in total. The van der Waals surface area contributed by atoms with Crippen LogP contribution in [0.3, 0.4) is 0 Å². The highest BCUT2D eigenvalue weighted by molar-refractivity contribution is 7.89. The van der Waals surface area contributed by atoms with Crippen molar-refractivity contribution in [2.75, 3.05) is 25.4 Å². The first-order chi connectivity index (χ1) is 9.15. The molecule has 0 aromatic heterocycles. The third-order valence-corrected chi connectivity index (χ3v) is 6.94. The predicted molar refractivity (Wildman–Crippen MR) is 76.4 cm³/mol. The van der Waals surface area contributed by atoms with E-state index in [1.54, 1.807) is 4.31 Å². The molecule has 19 heavy (non-hydrogen) atoms. The second kappa shape index (κ2) is 5.70. The SMILES string of the molecule is O=S(=O)(CCC1CC1)N1CCC(C2CCCN2)CC1. The first-order valence-corrected chi connectivity index (χ1v) is 9.47. The lowest BCUT2D eigenvalue weighted by Crippen LogP contribution is -2.44. The van der Waals surface area contributed by atoms with Crippen molar-refractivity contribution in [2.24, 2.45) is 11.8 Å². The molecule has 0 spiro atoms. The number of hydrogen-bond acceptors (Lipinski definition) is 3. The molecule has 1 saturated carbocycles. The van der Waals surface area contributed by atoms with Crippen LogP contribution in [0.5, 0.6) is 0 Å². The predicted octanol–water partition coefficient (Wildman–Crippen LogP) is 1.58. The average Bonchev–Trinajstić information content (AvgIpc) is 3.09. The Bertz CT molecular complexity index is 392. The maximum absolute atomic E-state index is 12.3. The zero-order valence-corrected chi connectivity index (χ0v) is 12.5. The van der Waals surface area contributed by atoms with Crippen LogP contribution in [0.25, 0.3) is 0 Å². The van der Waals surface area contributed by atoms with Crippen molar-refractivity contribution in [1.82, 2.24) is 9.62 Å². The van der Waals surface area contributed by atoms with E-state index in [9.17, 15) is 8.42 Å². The van der Waals surface area contributed by atoms with Crippen LogP contribution in [0.1, 0.15) is 44.9 Å². The lowest BCUT2D eigenvalue weighted by Gasteiger charge is -2.34. The van der Waals surface area contributed by atoms with Crippen molar-refractivity contribution in [3.05, 3.63) is 0 Å². The molecule has 1 aliphatic carbocycles. The molecule has 1 atom stereocenters. The fraction of sp³-hybridized carbons (Fsp3) is 1.00. The molecule has 5 heteroatoms. The summed E-state index contributed by atoms with van der Waals surface area (Å²) in [7, 11) is -2.97. The van der Waals surface area contributed by atoms with Crippen molar-refractivity contribution in [3.8, 4) is 0 Å². The van der Waals surface area contributed by atoms with Crippen LogP contribution in [-0.4, -0.2) is 44.2 Å². The van der Waals surface area contributed by atoms with Crippen molar-refractivity contribution in [2.45, 2.75) is 51.0 Å². The Morgan fingerprint density at radius 2 is 1.79 bits per heavy atom. The molecule has 3 aliphatic rings. The highest BCUT2D eigenvalue weighted by atomic mass is 32.2. The van der Waals surface area contributed by atoms with Gasteiger partial charge in [-0.2, -0.15) is 0 Å². The molecule has 0 amide bonds. The van der Waals surface area contributed by atoms with Gasteiger partial charge in [-0.05, 0) is 50.5 Å². The first-order valence-electron chi connectivity index (χ1n) is 7.86. The Kier molecular flexibility index (Phi) is 4.15. The van der Waals surface area contributed by atoms with E-state index in [0.29, 0.717) is 23.6 Å². The van der Waals surface area contributed by atoms with Crippen LogP contribution in [0, 0.1) is 11.8 Å². The van der Waals surface area contributed by atoms with Gasteiger partial charge in [0.05, 0.1) is 5.75 Å². The van der Waals surface area contributed by atoms with E-state index >= 15 is 0 Å². The number of sulfonamides is 1. The Morgan fingerprint density at radius 1 is 1.05 bits per heavy atom. The zero-order valence-electron chi connectivity index (χ0n) is 11.7. The minimum Gasteiger partial charge on any atom is -0.314 e. The van der Waals surface area contributed by atoms with Crippen LogP contribution in [0.2, 0.25) is 0 Å². The van der Waals surface area contributed by atoms with Gasteiger partial charge in [0, 0.05) is 19.1 Å². The van der Waals surface area contributed by atoms with Crippen LogP contribution in [-0.2, 0) is 10.0 Å². The number of piperidine rings is 1. The van der Waals surface area contributed by atoms with Gasteiger partial charge in [0.15, 0.2) is 0 Å². The maximum Gasteiger partial charge on any atom is 0.214 e. The smallest absolute Gasteiger partial charge is 0.214 e. The first kappa shape index (κ1) is 13.8. The van der Waals surface area contributed by atoms with Crippen LogP contribution in [0.4, 0.5) is 0 Å². The van der Waals surface area contributed by atoms with Gasteiger partial charge in [-0.1, -0.05) is 12.8 Å². The van der Waals surface area contributed by atoms with Gasteiger partial charge in [-0.15, -0.1) is 0 Å². The summed E-state index contributed by atoms with van der Waals surface area (Å²) >= 11 is 0. The third kappa shape index (κ3) is 3.50. The van der Waals surface area contributed by atoms with Crippen LogP contribution < -0.4 is 5.32 Å². The standard InChI is InChI=1S/C14H26N2O2S/c17-19(18,11-7-12-3-4-12)16-9-5-13(6-10-16)14-2-1-8-15-14/h12-15H,1-11H2. The molecule has 0 radical (unpaired) electrons. The second-order valence-electron chi connectivity index (χ2n) is 6.49. The molecule has 2 heterocycles. The quantitative estimate of drug-likeness (QED) is 0.835. The average molecular weight is 286 g/mol. The molecule has 0 aromatic carbocycles. The van der Waals surface area contributed by atoms with E-state index in [2.05, 4.69) is 5.32 Å². The Labute approximate surface area is 117 Å². The summed E-state index contributed by atoms with van der Waals surface area (Å²) in [5.41, 5.74) is 0. The van der Waals surface area contributed by atoms with Gasteiger partial charge in [0.25, 0.3) is 0 Å². The highest BCUT2D eigenvalue weighted by Crippen LogP contribution is 2.33. The molecular weight excluding hydrogens is 260 g/mol. The minimum atomic E-state index is -2.97. The van der Waals surface area contributed by atoms with Gasteiger partial charge in [-0.3, -0.25) is 0 Å². The zero-order chi connectivity index (χ0) is 13.3. The summed E-state index contributed by atoms with van der Waals surface area (Å²) in [6.45, 7) is 2.64. The summed E-state index contributed by atoms with van der Waals surface area (Å²) in [5, 5.41) is 3.56. The normalized spacial score (nSPS) is 30.8. The van der Waals surface area contributed by atoms with E-state index in [1.807, 2.05) is 0 Å². The number of nitrogens with one attached hydrogen (secondary N) is 1. The maximum atomic E-state index is 12.3. The molecule has 1 N–H and O–H groups in total. The summed E-state index contributed by atoms with van der Waals surface area (Å²) in [5.74, 6) is 1.77. The van der Waals surface area contributed by atoms with Gasteiger partial charge >= 0.3 is 0 Å². The molecule has 3 rings (SSSR count). The topological polar surface area (TPSA) is 49.4 Å². The van der Waals surface area contributed by atoms with Gasteiger partial charge < -0.3 is 5.32 Å². The molecule has 0 bridgehead atoms. The summed E-state index contributed by atoms with van der Waals surface area (Å²) in [6, 6.07) is 0.649. The molecule has 0 aromatic rings. The molecule has 1 unspecified atom stereocenters. The summed E-state index contributed by atoms with van der Waals surface area (Å²) in [4.78, 5) is 0. The van der Waals surface area contributed by atoms with Crippen molar-refractivity contribution < 1.29 is 8.42 Å². The van der Waals surface area contributed by atoms with Crippen molar-refractivity contribution >= 4 is 10.0 Å². The van der Waals surface area contributed by atoms with E-state index in [0.717, 1.165) is 38.9 Å². The fourth-order valence-electron chi connectivity index (χ4n) is 3.52. The van der Waals surface area contributed by atoms with Crippen LogP contribution >= 0.6 is 0 Å². The lowest BCUT2D eigenvalue weighted by molar-refractivity contribution is 0.234. The largest absolute Gasteiger partial charge is 0.314 e. The van der Waals surface area contributed by atoms with E-state index in [4.69, 9.17) is 0 Å². The molecular formula is C14H26N2O2S. The highest BCUT2D eigenvalue weighted by Gasteiger charge is 2.33. The van der Waals surface area contributed by atoms with Crippen molar-refractivity contribution in [3.63, 3.8) is 0 Å². The van der Waals surface area contributed by atoms with Gasteiger partial charge in [0.2, 0.25) is 10.0 Å². The molecule has 2 aliphatic heterocycles. The lowest BCUT2D eigenvalue weighted by atomic mass is 9.89. The third-order valence-electron chi connectivity index (χ3n) is 5.04. The second-order valence-corrected chi connectivity index (χ2v) is 8.58. The monoisotopic (exact) mass is 286 g/mol.